The fourth-order valence-corrected chi connectivity index (χ4v) is 4.27. The van der Waals surface area contributed by atoms with Crippen molar-refractivity contribution in [1.29, 1.82) is 0 Å². The summed E-state index contributed by atoms with van der Waals surface area (Å²) in [7, 11) is 0. The van der Waals surface area contributed by atoms with Crippen molar-refractivity contribution in [3.63, 3.8) is 0 Å². The Kier molecular flexibility index (Phi) is 2.72. The molecule has 0 spiro atoms. The maximum Gasteiger partial charge on any atom is 0.318 e. The zero-order chi connectivity index (χ0) is 12.7. The van der Waals surface area contributed by atoms with Crippen molar-refractivity contribution in [2.75, 3.05) is 17.2 Å². The zero-order valence-corrected chi connectivity index (χ0v) is 11.3. The molecule has 0 radical (unpaired) electrons. The van der Waals surface area contributed by atoms with Gasteiger partial charge in [0.2, 0.25) is 5.89 Å². The molecule has 0 aliphatic carbocycles. The van der Waals surface area contributed by atoms with Gasteiger partial charge in [0.05, 0.1) is 6.42 Å². The van der Waals surface area contributed by atoms with Crippen molar-refractivity contribution >= 4 is 17.8 Å². The minimum Gasteiger partial charge on any atom is -0.408 e. The van der Waals surface area contributed by atoms with Crippen molar-refractivity contribution < 1.29 is 4.42 Å². The van der Waals surface area contributed by atoms with E-state index in [1.54, 1.807) is 0 Å². The van der Waals surface area contributed by atoms with Crippen LogP contribution in [0.3, 0.4) is 0 Å². The summed E-state index contributed by atoms with van der Waals surface area (Å²) in [5, 5.41) is 9.15. The van der Waals surface area contributed by atoms with E-state index in [0.29, 0.717) is 24.4 Å². The number of hydrogen-bond acceptors (Lipinski definition) is 5. The first-order chi connectivity index (χ1) is 9.38. The molecule has 4 rings (SSSR count). The Bertz CT molecular complexity index is 571. The Morgan fingerprint density at radius 3 is 2.89 bits per heavy atom. The highest BCUT2D eigenvalue weighted by molar-refractivity contribution is 8.00. The predicted octanol–water partition coefficient (Wildman–Crippen LogP) is 2.35. The molecular weight excluding hydrogens is 258 g/mol. The number of benzene rings is 1. The van der Waals surface area contributed by atoms with Crippen molar-refractivity contribution in [1.82, 2.24) is 10.2 Å². The average molecular weight is 273 g/mol. The van der Waals surface area contributed by atoms with Crippen LogP contribution in [0.4, 0.5) is 6.01 Å². The van der Waals surface area contributed by atoms with Crippen LogP contribution in [-0.4, -0.2) is 33.8 Å². The first-order valence-corrected chi connectivity index (χ1v) is 7.68. The smallest absolute Gasteiger partial charge is 0.318 e. The summed E-state index contributed by atoms with van der Waals surface area (Å²) in [6.45, 7) is 1.06. The summed E-state index contributed by atoms with van der Waals surface area (Å²) in [6.07, 6.45) is 1.98. The van der Waals surface area contributed by atoms with Gasteiger partial charge in [0, 0.05) is 23.6 Å². The highest BCUT2D eigenvalue weighted by Crippen LogP contribution is 2.39. The molecule has 5 heteroatoms. The van der Waals surface area contributed by atoms with E-state index in [4.69, 9.17) is 4.42 Å². The Labute approximate surface area is 116 Å². The molecule has 2 aliphatic heterocycles. The van der Waals surface area contributed by atoms with E-state index in [9.17, 15) is 0 Å². The minimum atomic E-state index is 0.597. The van der Waals surface area contributed by atoms with Crippen LogP contribution >= 0.6 is 11.8 Å². The Balaban J connectivity index is 1.51. The molecule has 1 aromatic carbocycles. The van der Waals surface area contributed by atoms with Crippen molar-refractivity contribution in [2.45, 2.75) is 24.1 Å². The SMILES string of the molecule is c1ccc(Cc2nnc(N3C[C@@H]4C[C@H]3CS4)o2)cc1. The summed E-state index contributed by atoms with van der Waals surface area (Å²) in [5.74, 6) is 1.90. The van der Waals surface area contributed by atoms with E-state index >= 15 is 0 Å². The van der Waals surface area contributed by atoms with Gasteiger partial charge in [0.1, 0.15) is 0 Å². The maximum atomic E-state index is 5.82. The topological polar surface area (TPSA) is 42.2 Å². The van der Waals surface area contributed by atoms with Gasteiger partial charge >= 0.3 is 6.01 Å². The molecule has 2 fully saturated rings. The van der Waals surface area contributed by atoms with Crippen molar-refractivity contribution in [3.05, 3.63) is 41.8 Å². The van der Waals surface area contributed by atoms with Crippen LogP contribution in [0.1, 0.15) is 17.9 Å². The molecule has 98 valence electrons. The first-order valence-electron chi connectivity index (χ1n) is 6.63. The number of rotatable bonds is 3. The van der Waals surface area contributed by atoms with E-state index in [1.165, 1.54) is 17.7 Å². The van der Waals surface area contributed by atoms with E-state index in [2.05, 4.69) is 39.0 Å². The van der Waals surface area contributed by atoms with Gasteiger partial charge in [-0.25, -0.2) is 0 Å². The van der Waals surface area contributed by atoms with E-state index in [0.717, 1.165) is 11.8 Å². The predicted molar refractivity (Wildman–Crippen MR) is 75.5 cm³/mol. The monoisotopic (exact) mass is 273 g/mol. The second-order valence-corrected chi connectivity index (χ2v) is 6.47. The number of aromatic nitrogens is 2. The Hall–Kier alpha value is -1.49. The molecule has 2 aliphatic rings. The lowest BCUT2D eigenvalue weighted by Gasteiger charge is -2.23. The highest BCUT2D eigenvalue weighted by Gasteiger charge is 2.40. The van der Waals surface area contributed by atoms with E-state index in [1.807, 2.05) is 18.2 Å². The minimum absolute atomic E-state index is 0.597. The molecule has 19 heavy (non-hydrogen) atoms. The van der Waals surface area contributed by atoms with Crippen molar-refractivity contribution in [3.8, 4) is 0 Å². The molecule has 0 N–H and O–H groups in total. The van der Waals surface area contributed by atoms with Crippen LogP contribution in [0.15, 0.2) is 34.7 Å². The summed E-state index contributed by atoms with van der Waals surface area (Å²) in [4.78, 5) is 2.28. The zero-order valence-electron chi connectivity index (χ0n) is 10.5. The fourth-order valence-electron chi connectivity index (χ4n) is 2.84. The summed E-state index contributed by atoms with van der Waals surface area (Å²) in [5.41, 5.74) is 1.20. The number of anilines is 1. The first kappa shape index (κ1) is 11.3. The second kappa shape index (κ2) is 4.56. The van der Waals surface area contributed by atoms with Gasteiger partial charge in [0.25, 0.3) is 0 Å². The Morgan fingerprint density at radius 1 is 1.26 bits per heavy atom. The van der Waals surface area contributed by atoms with Crippen LogP contribution < -0.4 is 4.90 Å². The van der Waals surface area contributed by atoms with Crippen LogP contribution in [-0.2, 0) is 6.42 Å². The standard InChI is InChI=1S/C14H15N3OS/c1-2-4-10(5-3-1)6-13-15-16-14(18-13)17-8-12-7-11(17)9-19-12/h1-5,11-12H,6-9H2/t11-,12-/m0/s1. The summed E-state index contributed by atoms with van der Waals surface area (Å²) >= 11 is 2.07. The number of hydrogen-bond donors (Lipinski definition) is 0. The lowest BCUT2D eigenvalue weighted by Crippen LogP contribution is -2.34. The molecular formula is C14H15N3OS. The summed E-state index contributed by atoms with van der Waals surface area (Å²) < 4.78 is 5.82. The lowest BCUT2D eigenvalue weighted by molar-refractivity contribution is 0.490. The largest absolute Gasteiger partial charge is 0.408 e. The quantitative estimate of drug-likeness (QED) is 0.858. The average Bonchev–Trinajstić information content (AvgIpc) is 3.15. The van der Waals surface area contributed by atoms with Gasteiger partial charge in [-0.2, -0.15) is 11.8 Å². The van der Waals surface area contributed by atoms with Crippen LogP contribution in [0.25, 0.3) is 0 Å². The van der Waals surface area contributed by atoms with Gasteiger partial charge in [-0.1, -0.05) is 35.4 Å². The lowest BCUT2D eigenvalue weighted by atomic mass is 10.2. The fraction of sp³-hybridized carbons (Fsp3) is 0.429. The molecule has 2 aromatic rings. The third kappa shape index (κ3) is 2.12. The molecule has 0 amide bonds. The normalized spacial score (nSPS) is 25.2. The third-order valence-electron chi connectivity index (χ3n) is 3.80. The second-order valence-electron chi connectivity index (χ2n) is 5.14. The van der Waals surface area contributed by atoms with E-state index < -0.39 is 0 Å². The van der Waals surface area contributed by atoms with Gasteiger partial charge in [-0.05, 0) is 12.0 Å². The van der Waals surface area contributed by atoms with Crippen LogP contribution in [0.5, 0.6) is 0 Å². The molecule has 4 nitrogen and oxygen atoms in total. The highest BCUT2D eigenvalue weighted by atomic mass is 32.2. The molecule has 2 atom stereocenters. The number of fused-ring (bicyclic) bond motifs is 2. The molecule has 2 saturated heterocycles. The van der Waals surface area contributed by atoms with E-state index in [-0.39, 0.29) is 0 Å². The van der Waals surface area contributed by atoms with Crippen LogP contribution in [0, 0.1) is 0 Å². The maximum absolute atomic E-state index is 5.82. The number of nitrogens with zero attached hydrogens (tertiary/aromatic N) is 3. The summed E-state index contributed by atoms with van der Waals surface area (Å²) in [6, 6.07) is 11.5. The van der Waals surface area contributed by atoms with Gasteiger partial charge in [-0.3, -0.25) is 0 Å². The number of thioether (sulfide) groups is 1. The van der Waals surface area contributed by atoms with Gasteiger partial charge < -0.3 is 9.32 Å². The molecule has 1 aromatic heterocycles. The van der Waals surface area contributed by atoms with Gasteiger partial charge in [0.15, 0.2) is 0 Å². The molecule has 0 unspecified atom stereocenters. The molecule has 0 saturated carbocycles. The van der Waals surface area contributed by atoms with Crippen LogP contribution in [0.2, 0.25) is 0 Å². The molecule has 3 heterocycles. The van der Waals surface area contributed by atoms with Crippen molar-refractivity contribution in [2.24, 2.45) is 0 Å². The van der Waals surface area contributed by atoms with Gasteiger partial charge in [-0.15, -0.1) is 5.10 Å². The Morgan fingerprint density at radius 2 is 2.16 bits per heavy atom. The molecule has 2 bridgehead atoms. The third-order valence-corrected chi connectivity index (χ3v) is 5.19.